The van der Waals surface area contributed by atoms with Crippen LogP contribution >= 0.6 is 0 Å². The van der Waals surface area contributed by atoms with Gasteiger partial charge in [-0.2, -0.15) is 0 Å². The molecule has 0 radical (unpaired) electrons. The van der Waals surface area contributed by atoms with Crippen LogP contribution in [0.15, 0.2) is 12.2 Å². The molecule has 2 heterocycles. The molecule has 2 aliphatic heterocycles. The quantitative estimate of drug-likeness (QED) is 0.463. The Kier molecular flexibility index (Phi) is 1.14. The molecule has 0 aromatic heterocycles. The van der Waals surface area contributed by atoms with Gasteiger partial charge in [0.15, 0.2) is 12.0 Å². The zero-order valence-electron chi connectivity index (χ0n) is 5.29. The normalized spacial score (nSPS) is 44.5. The van der Waals surface area contributed by atoms with Crippen molar-refractivity contribution in [2.45, 2.75) is 24.8 Å². The third-order valence-corrected chi connectivity index (χ3v) is 1.85. The number of hydrogen-bond acceptors (Lipinski definition) is 2. The van der Waals surface area contributed by atoms with Gasteiger partial charge in [-0.15, -0.1) is 0 Å². The summed E-state index contributed by atoms with van der Waals surface area (Å²) in [5.41, 5.74) is 0. The lowest BCUT2D eigenvalue weighted by Crippen LogP contribution is -2.37. The number of hydrogen-bond donors (Lipinski definition) is 0. The lowest BCUT2D eigenvalue weighted by atomic mass is 10.1. The standard InChI is InChI=1S/C7H7FO2/c8-7-5(9)3-4-1-2-6(7)10-4/h1-2,4,6-7H,3H2. The summed E-state index contributed by atoms with van der Waals surface area (Å²) < 4.78 is 17.8. The van der Waals surface area contributed by atoms with E-state index in [4.69, 9.17) is 4.74 Å². The van der Waals surface area contributed by atoms with E-state index < -0.39 is 12.3 Å². The van der Waals surface area contributed by atoms with Gasteiger partial charge in [0.05, 0.1) is 6.10 Å². The minimum absolute atomic E-state index is 0.149. The van der Waals surface area contributed by atoms with Crippen LogP contribution in [-0.4, -0.2) is 24.2 Å². The molecule has 54 valence electrons. The first-order chi connectivity index (χ1) is 4.77. The van der Waals surface area contributed by atoms with E-state index in [9.17, 15) is 9.18 Å². The molecule has 0 aromatic carbocycles. The minimum atomic E-state index is -1.42. The highest BCUT2D eigenvalue weighted by Crippen LogP contribution is 2.26. The van der Waals surface area contributed by atoms with Crippen molar-refractivity contribution in [2.75, 3.05) is 0 Å². The van der Waals surface area contributed by atoms with Crippen molar-refractivity contribution in [3.8, 4) is 0 Å². The van der Waals surface area contributed by atoms with Crippen LogP contribution in [0.5, 0.6) is 0 Å². The van der Waals surface area contributed by atoms with Crippen molar-refractivity contribution in [1.82, 2.24) is 0 Å². The first kappa shape index (κ1) is 6.04. The van der Waals surface area contributed by atoms with Crippen LogP contribution in [0.1, 0.15) is 6.42 Å². The first-order valence-corrected chi connectivity index (χ1v) is 3.28. The van der Waals surface area contributed by atoms with Crippen LogP contribution in [0.4, 0.5) is 4.39 Å². The fourth-order valence-corrected chi connectivity index (χ4v) is 1.30. The molecule has 3 unspecified atom stereocenters. The van der Waals surface area contributed by atoms with Crippen LogP contribution in [0.3, 0.4) is 0 Å². The molecule has 1 fully saturated rings. The lowest BCUT2D eigenvalue weighted by Gasteiger charge is -2.22. The molecule has 0 amide bonds. The van der Waals surface area contributed by atoms with E-state index in [1.165, 1.54) is 0 Å². The van der Waals surface area contributed by atoms with Gasteiger partial charge in [-0.25, -0.2) is 4.39 Å². The fraction of sp³-hybridized carbons (Fsp3) is 0.571. The van der Waals surface area contributed by atoms with E-state index in [1.54, 1.807) is 12.2 Å². The molecule has 0 aromatic rings. The fourth-order valence-electron chi connectivity index (χ4n) is 1.30. The van der Waals surface area contributed by atoms with Crippen molar-refractivity contribution in [2.24, 2.45) is 0 Å². The maximum absolute atomic E-state index is 12.7. The van der Waals surface area contributed by atoms with Gasteiger partial charge in [-0.1, -0.05) is 12.2 Å². The van der Waals surface area contributed by atoms with E-state index >= 15 is 0 Å². The molecule has 0 aliphatic carbocycles. The number of carbonyl (C=O) groups excluding carboxylic acids is 1. The van der Waals surface area contributed by atoms with Gasteiger partial charge in [0.1, 0.15) is 6.10 Å². The number of ketones is 1. The zero-order valence-corrected chi connectivity index (χ0v) is 5.29. The van der Waals surface area contributed by atoms with Gasteiger partial charge < -0.3 is 4.74 Å². The van der Waals surface area contributed by atoms with Gasteiger partial charge in [0.2, 0.25) is 0 Å². The van der Waals surface area contributed by atoms with Crippen LogP contribution in [0, 0.1) is 0 Å². The van der Waals surface area contributed by atoms with Gasteiger partial charge in [0, 0.05) is 6.42 Å². The highest BCUT2D eigenvalue weighted by molar-refractivity contribution is 5.85. The Morgan fingerprint density at radius 3 is 3.20 bits per heavy atom. The van der Waals surface area contributed by atoms with Gasteiger partial charge >= 0.3 is 0 Å². The van der Waals surface area contributed by atoms with E-state index in [-0.39, 0.29) is 18.3 Å². The van der Waals surface area contributed by atoms with Crippen LogP contribution in [0.25, 0.3) is 0 Å². The molecule has 2 aliphatic rings. The lowest BCUT2D eigenvalue weighted by molar-refractivity contribution is -0.137. The predicted octanol–water partition coefficient (Wildman–Crippen LogP) is 0.621. The second-order valence-corrected chi connectivity index (χ2v) is 2.60. The van der Waals surface area contributed by atoms with Crippen molar-refractivity contribution in [3.63, 3.8) is 0 Å². The van der Waals surface area contributed by atoms with E-state index in [0.717, 1.165) is 0 Å². The van der Waals surface area contributed by atoms with Crippen molar-refractivity contribution >= 4 is 5.78 Å². The van der Waals surface area contributed by atoms with E-state index in [2.05, 4.69) is 0 Å². The average Bonchev–Trinajstić information content (AvgIpc) is 2.29. The molecule has 3 atom stereocenters. The molecule has 2 rings (SSSR count). The molecule has 10 heavy (non-hydrogen) atoms. The molecular weight excluding hydrogens is 135 g/mol. The third kappa shape index (κ3) is 0.703. The van der Waals surface area contributed by atoms with Crippen LogP contribution in [0.2, 0.25) is 0 Å². The number of halogens is 1. The predicted molar refractivity (Wildman–Crippen MR) is 32.3 cm³/mol. The van der Waals surface area contributed by atoms with Gasteiger partial charge in [-0.3, -0.25) is 4.79 Å². The number of ether oxygens (including phenoxy) is 1. The maximum atomic E-state index is 12.7. The summed E-state index contributed by atoms with van der Waals surface area (Å²) in [6.45, 7) is 0. The van der Waals surface area contributed by atoms with Crippen LogP contribution in [-0.2, 0) is 9.53 Å². The molecule has 0 N–H and O–H groups in total. The Hall–Kier alpha value is -0.700. The summed E-state index contributed by atoms with van der Waals surface area (Å²) in [5.74, 6) is -0.328. The van der Waals surface area contributed by atoms with E-state index in [1.807, 2.05) is 0 Å². The molecule has 2 bridgehead atoms. The third-order valence-electron chi connectivity index (χ3n) is 1.85. The first-order valence-electron chi connectivity index (χ1n) is 3.28. The van der Waals surface area contributed by atoms with Crippen molar-refractivity contribution in [3.05, 3.63) is 12.2 Å². The highest BCUT2D eigenvalue weighted by Gasteiger charge is 2.38. The number of Topliss-reactive ketones (excluding diaryl/α,β-unsaturated/α-hetero) is 1. The van der Waals surface area contributed by atoms with E-state index in [0.29, 0.717) is 0 Å². The Morgan fingerprint density at radius 1 is 1.60 bits per heavy atom. The largest absolute Gasteiger partial charge is 0.363 e. The molecule has 1 saturated heterocycles. The van der Waals surface area contributed by atoms with Gasteiger partial charge in [-0.05, 0) is 0 Å². The smallest absolute Gasteiger partial charge is 0.188 e. The topological polar surface area (TPSA) is 26.3 Å². The second kappa shape index (κ2) is 1.89. The molecule has 0 saturated carbocycles. The average molecular weight is 142 g/mol. The summed E-state index contributed by atoms with van der Waals surface area (Å²) in [7, 11) is 0. The Morgan fingerprint density at radius 2 is 2.40 bits per heavy atom. The monoisotopic (exact) mass is 142 g/mol. The Bertz CT molecular complexity index is 200. The number of alkyl halides is 1. The minimum Gasteiger partial charge on any atom is -0.363 e. The highest BCUT2D eigenvalue weighted by atomic mass is 19.1. The summed E-state index contributed by atoms with van der Waals surface area (Å²) >= 11 is 0. The Labute approximate surface area is 57.7 Å². The molecule has 2 nitrogen and oxygen atoms in total. The van der Waals surface area contributed by atoms with Crippen molar-refractivity contribution in [1.29, 1.82) is 0 Å². The summed E-state index contributed by atoms with van der Waals surface area (Å²) in [6.07, 6.45) is 1.42. The Balaban J connectivity index is 2.23. The zero-order chi connectivity index (χ0) is 7.14. The molecule has 3 heteroatoms. The SMILES string of the molecule is O=C1CC2C=CC(O2)C1F. The van der Waals surface area contributed by atoms with Crippen LogP contribution < -0.4 is 0 Å². The number of carbonyl (C=O) groups is 1. The number of rotatable bonds is 0. The van der Waals surface area contributed by atoms with Gasteiger partial charge in [0.25, 0.3) is 0 Å². The molecule has 0 spiro atoms. The summed E-state index contributed by atoms with van der Waals surface area (Å²) in [6, 6.07) is 0. The number of fused-ring (bicyclic) bond motifs is 2. The summed E-state index contributed by atoms with van der Waals surface area (Å²) in [5, 5.41) is 0. The second-order valence-electron chi connectivity index (χ2n) is 2.60. The molecular formula is C7H7FO2. The summed E-state index contributed by atoms with van der Waals surface area (Å²) in [4.78, 5) is 10.8. The van der Waals surface area contributed by atoms with Crippen molar-refractivity contribution < 1.29 is 13.9 Å². The maximum Gasteiger partial charge on any atom is 0.188 e.